The van der Waals surface area contributed by atoms with Crippen LogP contribution in [0, 0.1) is 23.7 Å². The van der Waals surface area contributed by atoms with Crippen LogP contribution in [0.4, 0.5) is 0 Å². The SMILES string of the molecule is CC[C@@H](C)C(=O)OC1=C[C@H](C)CC2=C1[C@H](CC[C@@H](O)C[C@@H](O)CC(=O)NO)[C@H](C)CC2. The van der Waals surface area contributed by atoms with E-state index >= 15 is 0 Å². The van der Waals surface area contributed by atoms with Crippen molar-refractivity contribution < 1.29 is 29.7 Å². The Morgan fingerprint density at radius 2 is 1.97 bits per heavy atom. The van der Waals surface area contributed by atoms with Gasteiger partial charge in [0, 0.05) is 0 Å². The van der Waals surface area contributed by atoms with E-state index in [1.807, 2.05) is 13.8 Å². The second kappa shape index (κ2) is 11.8. The quantitative estimate of drug-likeness (QED) is 0.236. The molecule has 0 saturated carbocycles. The highest BCUT2D eigenvalue weighted by atomic mass is 16.5. The lowest BCUT2D eigenvalue weighted by atomic mass is 9.69. The molecule has 0 bridgehead atoms. The third kappa shape index (κ3) is 7.16. The molecule has 2 aliphatic rings. The Bertz CT molecular complexity index is 700. The van der Waals surface area contributed by atoms with E-state index < -0.39 is 18.1 Å². The van der Waals surface area contributed by atoms with Gasteiger partial charge in [0.05, 0.1) is 24.5 Å². The van der Waals surface area contributed by atoms with Crippen molar-refractivity contribution in [1.29, 1.82) is 0 Å². The molecule has 2 aliphatic carbocycles. The molecule has 0 unspecified atom stereocenters. The van der Waals surface area contributed by atoms with E-state index in [1.165, 1.54) is 11.1 Å². The van der Waals surface area contributed by atoms with Crippen LogP contribution in [0.15, 0.2) is 23.0 Å². The summed E-state index contributed by atoms with van der Waals surface area (Å²) in [7, 11) is 0. The normalized spacial score (nSPS) is 26.4. The number of amides is 1. The van der Waals surface area contributed by atoms with Gasteiger partial charge in [0.25, 0.3) is 0 Å². The summed E-state index contributed by atoms with van der Waals surface area (Å²) >= 11 is 0. The fourth-order valence-electron chi connectivity index (χ4n) is 4.69. The number of hydroxylamine groups is 1. The standard InChI is InChI=1S/C24H39NO6/c1-5-15(3)24(29)31-21-11-14(2)10-17-7-6-16(4)20(23(17)21)9-8-18(26)12-19(27)13-22(28)25-30/h11,14-16,18-20,26-27,30H,5-10,12-13H2,1-4H3,(H,25,28)/t14-,15-,16-,18-,19-,20-/m1/s1. The van der Waals surface area contributed by atoms with Crippen LogP contribution in [0.5, 0.6) is 0 Å². The Kier molecular flexibility index (Phi) is 9.72. The van der Waals surface area contributed by atoms with Crippen LogP contribution < -0.4 is 5.48 Å². The van der Waals surface area contributed by atoms with E-state index in [2.05, 4.69) is 19.9 Å². The van der Waals surface area contributed by atoms with Gasteiger partial charge >= 0.3 is 5.97 Å². The molecule has 0 saturated heterocycles. The molecule has 0 heterocycles. The number of ether oxygens (including phenoxy) is 1. The van der Waals surface area contributed by atoms with Crippen molar-refractivity contribution in [3.05, 3.63) is 23.0 Å². The minimum Gasteiger partial charge on any atom is -0.426 e. The molecule has 0 spiro atoms. The zero-order chi connectivity index (χ0) is 23.1. The maximum atomic E-state index is 12.5. The second-order valence-electron chi connectivity index (χ2n) is 9.44. The molecule has 31 heavy (non-hydrogen) atoms. The van der Waals surface area contributed by atoms with Crippen LogP contribution in [0.3, 0.4) is 0 Å². The fraction of sp³-hybridized carbons (Fsp3) is 0.750. The molecular formula is C24H39NO6. The monoisotopic (exact) mass is 437 g/mol. The largest absolute Gasteiger partial charge is 0.426 e. The molecule has 176 valence electrons. The van der Waals surface area contributed by atoms with E-state index in [9.17, 15) is 19.8 Å². The van der Waals surface area contributed by atoms with E-state index in [0.29, 0.717) is 30.4 Å². The number of allylic oxidation sites excluding steroid dienone is 3. The summed E-state index contributed by atoms with van der Waals surface area (Å²) in [6, 6.07) is 0. The molecule has 7 heteroatoms. The van der Waals surface area contributed by atoms with Gasteiger partial charge in [0.1, 0.15) is 5.76 Å². The van der Waals surface area contributed by atoms with Gasteiger partial charge in [-0.2, -0.15) is 0 Å². The number of aliphatic hydroxyl groups excluding tert-OH is 2. The van der Waals surface area contributed by atoms with Crippen molar-refractivity contribution in [3.8, 4) is 0 Å². The van der Waals surface area contributed by atoms with Crippen molar-refractivity contribution in [1.82, 2.24) is 5.48 Å². The van der Waals surface area contributed by atoms with Gasteiger partial charge in [-0.1, -0.05) is 33.3 Å². The Hall–Kier alpha value is -1.70. The molecule has 2 rings (SSSR count). The van der Waals surface area contributed by atoms with Gasteiger partial charge in [0.2, 0.25) is 5.91 Å². The minimum atomic E-state index is -1.01. The molecule has 4 N–H and O–H groups in total. The van der Waals surface area contributed by atoms with Gasteiger partial charge in [-0.05, 0) is 74.3 Å². The van der Waals surface area contributed by atoms with Gasteiger partial charge in [-0.3, -0.25) is 14.8 Å². The van der Waals surface area contributed by atoms with Crippen molar-refractivity contribution in [3.63, 3.8) is 0 Å². The molecule has 6 atom stereocenters. The predicted octanol–water partition coefficient (Wildman–Crippen LogP) is 3.63. The van der Waals surface area contributed by atoms with E-state index in [4.69, 9.17) is 9.94 Å². The number of hydrogen-bond donors (Lipinski definition) is 4. The first-order valence-corrected chi connectivity index (χ1v) is 11.6. The lowest BCUT2D eigenvalue weighted by Gasteiger charge is -2.38. The molecule has 1 amide bonds. The Balaban J connectivity index is 2.09. The fourth-order valence-corrected chi connectivity index (χ4v) is 4.69. The van der Waals surface area contributed by atoms with Crippen LogP contribution in [-0.2, 0) is 14.3 Å². The molecule has 0 fully saturated rings. The molecule has 7 nitrogen and oxygen atoms in total. The van der Waals surface area contributed by atoms with Gasteiger partial charge in [0.15, 0.2) is 0 Å². The number of carbonyl (C=O) groups excluding carboxylic acids is 2. The van der Waals surface area contributed by atoms with Crippen LogP contribution >= 0.6 is 0 Å². The first kappa shape index (κ1) is 25.6. The van der Waals surface area contributed by atoms with Gasteiger partial charge < -0.3 is 14.9 Å². The number of aliphatic hydroxyl groups is 2. The smallest absolute Gasteiger partial charge is 0.314 e. The highest BCUT2D eigenvalue weighted by Gasteiger charge is 2.35. The summed E-state index contributed by atoms with van der Waals surface area (Å²) in [4.78, 5) is 23.7. The summed E-state index contributed by atoms with van der Waals surface area (Å²) in [5.74, 6) is 0.577. The Labute approximate surface area is 185 Å². The Morgan fingerprint density at radius 1 is 1.26 bits per heavy atom. The number of hydrogen-bond acceptors (Lipinski definition) is 6. The van der Waals surface area contributed by atoms with Crippen molar-refractivity contribution in [2.75, 3.05) is 0 Å². The topological polar surface area (TPSA) is 116 Å². The Morgan fingerprint density at radius 3 is 2.61 bits per heavy atom. The van der Waals surface area contributed by atoms with E-state index in [-0.39, 0.29) is 30.6 Å². The van der Waals surface area contributed by atoms with Crippen LogP contribution in [0.25, 0.3) is 0 Å². The maximum absolute atomic E-state index is 12.5. The van der Waals surface area contributed by atoms with Gasteiger partial charge in [-0.25, -0.2) is 5.48 Å². The second-order valence-corrected chi connectivity index (χ2v) is 9.44. The molecule has 0 aromatic carbocycles. The van der Waals surface area contributed by atoms with Crippen molar-refractivity contribution in [2.24, 2.45) is 23.7 Å². The highest BCUT2D eigenvalue weighted by Crippen LogP contribution is 2.46. The van der Waals surface area contributed by atoms with E-state index in [0.717, 1.165) is 31.3 Å². The third-order valence-electron chi connectivity index (χ3n) is 6.74. The predicted molar refractivity (Wildman–Crippen MR) is 117 cm³/mol. The molecular weight excluding hydrogens is 398 g/mol. The first-order valence-electron chi connectivity index (χ1n) is 11.6. The number of esters is 1. The molecule has 0 aliphatic heterocycles. The summed E-state index contributed by atoms with van der Waals surface area (Å²) in [6.45, 7) is 8.19. The third-order valence-corrected chi connectivity index (χ3v) is 6.74. The summed E-state index contributed by atoms with van der Waals surface area (Å²) < 4.78 is 5.88. The average Bonchev–Trinajstić information content (AvgIpc) is 2.72. The number of nitrogens with one attached hydrogen (secondary N) is 1. The summed E-state index contributed by atoms with van der Waals surface area (Å²) in [5, 5.41) is 28.9. The molecule has 0 aromatic heterocycles. The zero-order valence-electron chi connectivity index (χ0n) is 19.3. The number of rotatable bonds is 10. The summed E-state index contributed by atoms with van der Waals surface area (Å²) in [6.07, 6.45) is 5.10. The number of carbonyl (C=O) groups is 2. The van der Waals surface area contributed by atoms with Crippen LogP contribution in [0.2, 0.25) is 0 Å². The average molecular weight is 438 g/mol. The van der Waals surface area contributed by atoms with E-state index in [1.54, 1.807) is 0 Å². The van der Waals surface area contributed by atoms with Crippen molar-refractivity contribution in [2.45, 2.75) is 91.3 Å². The van der Waals surface area contributed by atoms with Crippen LogP contribution in [0.1, 0.15) is 79.1 Å². The zero-order valence-corrected chi connectivity index (χ0v) is 19.3. The van der Waals surface area contributed by atoms with Crippen LogP contribution in [-0.4, -0.2) is 39.5 Å². The highest BCUT2D eigenvalue weighted by molar-refractivity contribution is 5.75. The lowest BCUT2D eigenvalue weighted by molar-refractivity contribution is -0.143. The minimum absolute atomic E-state index is 0.0726. The molecule has 0 radical (unpaired) electrons. The van der Waals surface area contributed by atoms with Crippen molar-refractivity contribution >= 4 is 11.9 Å². The first-order chi connectivity index (χ1) is 14.7. The lowest BCUT2D eigenvalue weighted by Crippen LogP contribution is -2.29. The van der Waals surface area contributed by atoms with Gasteiger partial charge in [-0.15, -0.1) is 0 Å². The maximum Gasteiger partial charge on any atom is 0.314 e. The molecule has 0 aromatic rings. The summed E-state index contributed by atoms with van der Waals surface area (Å²) in [5.41, 5.74) is 3.99.